The maximum Gasteiger partial charge on any atom is 0.164 e. The Morgan fingerprint density at radius 2 is 0.867 bits per heavy atom. The van der Waals surface area contributed by atoms with Crippen LogP contribution in [0.5, 0.6) is 0 Å². The molecule has 9 aromatic carbocycles. The van der Waals surface area contributed by atoms with Crippen LogP contribution in [0.1, 0.15) is 22.3 Å². The van der Waals surface area contributed by atoms with Crippen LogP contribution in [0.4, 0.5) is 0 Å². The van der Waals surface area contributed by atoms with E-state index in [0.717, 1.165) is 27.8 Å². The van der Waals surface area contributed by atoms with Crippen LogP contribution in [0.25, 0.3) is 87.4 Å². The molecule has 1 aliphatic rings. The topological polar surface area (TPSA) is 38.7 Å². The van der Waals surface area contributed by atoms with Gasteiger partial charge in [-0.15, -0.1) is 11.3 Å². The lowest BCUT2D eigenvalue weighted by Crippen LogP contribution is -2.28. The maximum absolute atomic E-state index is 5.35. The van der Waals surface area contributed by atoms with Crippen molar-refractivity contribution in [3.63, 3.8) is 0 Å². The van der Waals surface area contributed by atoms with Crippen molar-refractivity contribution in [2.24, 2.45) is 0 Å². The van der Waals surface area contributed by atoms with Crippen molar-refractivity contribution in [2.75, 3.05) is 0 Å². The van der Waals surface area contributed by atoms with Crippen LogP contribution in [0.2, 0.25) is 0 Å². The average Bonchev–Trinajstić information content (AvgIpc) is 3.86. The van der Waals surface area contributed by atoms with Gasteiger partial charge in [-0.1, -0.05) is 206 Å². The first-order valence-electron chi connectivity index (χ1n) is 20.4. The van der Waals surface area contributed by atoms with E-state index in [9.17, 15) is 0 Å². The lowest BCUT2D eigenvalue weighted by atomic mass is 9.66. The van der Waals surface area contributed by atoms with Crippen LogP contribution >= 0.6 is 11.3 Å². The van der Waals surface area contributed by atoms with Crippen LogP contribution in [0.3, 0.4) is 0 Å². The highest BCUT2D eigenvalue weighted by Crippen LogP contribution is 2.59. The highest BCUT2D eigenvalue weighted by Gasteiger charge is 2.47. The summed E-state index contributed by atoms with van der Waals surface area (Å²) in [7, 11) is 0. The van der Waals surface area contributed by atoms with Gasteiger partial charge < -0.3 is 0 Å². The van der Waals surface area contributed by atoms with E-state index in [-0.39, 0.29) is 0 Å². The summed E-state index contributed by atoms with van der Waals surface area (Å²) in [5.41, 5.74) is 11.9. The van der Waals surface area contributed by atoms with Crippen molar-refractivity contribution in [1.82, 2.24) is 15.0 Å². The first-order chi connectivity index (χ1) is 29.8. The van der Waals surface area contributed by atoms with Crippen molar-refractivity contribution in [2.45, 2.75) is 5.41 Å². The third-order valence-electron chi connectivity index (χ3n) is 12.2. The molecule has 0 aliphatic heterocycles. The van der Waals surface area contributed by atoms with Crippen LogP contribution in [-0.4, -0.2) is 15.0 Å². The first-order valence-corrected chi connectivity index (χ1v) is 21.2. The molecule has 4 heteroatoms. The summed E-state index contributed by atoms with van der Waals surface area (Å²) in [6.45, 7) is 0. The number of benzene rings is 9. The summed E-state index contributed by atoms with van der Waals surface area (Å²) in [5.74, 6) is 1.92. The number of nitrogens with zero attached hydrogens (tertiary/aromatic N) is 3. The Bertz CT molecular complexity index is 3420. The molecule has 1 atom stereocenters. The highest BCUT2D eigenvalue weighted by atomic mass is 32.1. The quantitative estimate of drug-likeness (QED) is 0.169. The lowest BCUT2D eigenvalue weighted by Gasteiger charge is -2.35. The van der Waals surface area contributed by atoms with E-state index >= 15 is 0 Å². The van der Waals surface area contributed by atoms with Gasteiger partial charge in [0.1, 0.15) is 0 Å². The van der Waals surface area contributed by atoms with Gasteiger partial charge in [0.15, 0.2) is 17.5 Å². The largest absolute Gasteiger partial charge is 0.208 e. The third kappa shape index (κ3) is 5.24. The Hall–Kier alpha value is -7.53. The molecule has 0 spiro atoms. The first kappa shape index (κ1) is 34.5. The van der Waals surface area contributed by atoms with E-state index in [2.05, 4.69) is 194 Å². The summed E-state index contributed by atoms with van der Waals surface area (Å²) in [6.07, 6.45) is 0. The Kier molecular flexibility index (Phi) is 7.94. The molecule has 0 bridgehead atoms. The van der Waals surface area contributed by atoms with Crippen LogP contribution in [-0.2, 0) is 5.41 Å². The van der Waals surface area contributed by atoms with Crippen molar-refractivity contribution in [3.8, 4) is 56.4 Å². The predicted molar refractivity (Wildman–Crippen MR) is 249 cm³/mol. The zero-order valence-corrected chi connectivity index (χ0v) is 33.3. The second kappa shape index (κ2) is 13.8. The number of hydrogen-bond donors (Lipinski definition) is 0. The van der Waals surface area contributed by atoms with Crippen LogP contribution in [0.15, 0.2) is 212 Å². The SMILES string of the molecule is c1ccc(-c2nc(-c3ccc(-c4cccc5c4sc4ccccc45)cc3)nc(-c3cccc4c3-c3ccccc3C4(c3ccccc3)c3cccc4ccccc34)n2)cc1. The van der Waals surface area contributed by atoms with Crippen LogP contribution < -0.4 is 0 Å². The smallest absolute Gasteiger partial charge is 0.164 e. The Morgan fingerprint density at radius 3 is 1.70 bits per heavy atom. The van der Waals surface area contributed by atoms with Gasteiger partial charge in [0, 0.05) is 36.9 Å². The predicted octanol–water partition coefficient (Wildman–Crippen LogP) is 14.4. The van der Waals surface area contributed by atoms with E-state index in [1.807, 2.05) is 29.5 Å². The molecule has 1 aliphatic carbocycles. The standard InChI is InChI=1S/C56H35N3S/c1-3-17-38(18-4-1)53-57-54(39-34-32-37(33-35-39)42-25-14-26-44-43-23-10-12-31-50(43)60-52(42)44)59-55(58-53)46-27-15-30-49-51(46)45-24-9-11-28-48(45)56(49,40-20-5-2-6-21-40)47-29-13-19-36-16-7-8-22-41(36)47/h1-35H. The zero-order valence-electron chi connectivity index (χ0n) is 32.5. The minimum Gasteiger partial charge on any atom is -0.208 e. The summed E-state index contributed by atoms with van der Waals surface area (Å²) in [5, 5.41) is 5.04. The van der Waals surface area contributed by atoms with Gasteiger partial charge in [0.25, 0.3) is 0 Å². The van der Waals surface area contributed by atoms with Gasteiger partial charge in [-0.25, -0.2) is 15.0 Å². The molecule has 0 saturated heterocycles. The fraction of sp³-hybridized carbons (Fsp3) is 0.0179. The number of thiophene rings is 1. The summed E-state index contributed by atoms with van der Waals surface area (Å²) in [4.78, 5) is 15.8. The van der Waals surface area contributed by atoms with Gasteiger partial charge in [0.2, 0.25) is 0 Å². The number of hydrogen-bond acceptors (Lipinski definition) is 4. The molecule has 3 nitrogen and oxygen atoms in total. The van der Waals surface area contributed by atoms with Gasteiger partial charge in [-0.05, 0) is 61.3 Å². The van der Waals surface area contributed by atoms with E-state index in [4.69, 9.17) is 15.0 Å². The minimum atomic E-state index is -0.588. The summed E-state index contributed by atoms with van der Waals surface area (Å²) < 4.78 is 2.60. The van der Waals surface area contributed by atoms with Crippen LogP contribution in [0, 0.1) is 0 Å². The molecule has 1 unspecified atom stereocenters. The molecule has 0 amide bonds. The van der Waals surface area contributed by atoms with E-state index in [0.29, 0.717) is 17.5 Å². The number of fused-ring (bicyclic) bond motifs is 7. The Balaban J connectivity index is 1.07. The van der Waals surface area contributed by atoms with Gasteiger partial charge in [-0.2, -0.15) is 0 Å². The molecule has 2 aromatic heterocycles. The molecule has 60 heavy (non-hydrogen) atoms. The van der Waals surface area contributed by atoms with Crippen molar-refractivity contribution >= 4 is 42.3 Å². The minimum absolute atomic E-state index is 0.588. The fourth-order valence-corrected chi connectivity index (χ4v) is 10.9. The van der Waals surface area contributed by atoms with E-state index in [1.165, 1.54) is 64.3 Å². The normalized spacial score (nSPS) is 14.4. The molecule has 0 N–H and O–H groups in total. The van der Waals surface area contributed by atoms with Crippen molar-refractivity contribution < 1.29 is 0 Å². The summed E-state index contributed by atoms with van der Waals surface area (Å²) >= 11 is 1.85. The lowest BCUT2D eigenvalue weighted by molar-refractivity contribution is 0.776. The van der Waals surface area contributed by atoms with Gasteiger partial charge in [-0.3, -0.25) is 0 Å². The molecular weight excluding hydrogens is 747 g/mol. The van der Waals surface area contributed by atoms with Gasteiger partial charge >= 0.3 is 0 Å². The highest BCUT2D eigenvalue weighted by molar-refractivity contribution is 7.26. The second-order valence-electron chi connectivity index (χ2n) is 15.4. The van der Waals surface area contributed by atoms with Crippen molar-refractivity contribution in [3.05, 3.63) is 235 Å². The van der Waals surface area contributed by atoms with E-state index < -0.39 is 5.41 Å². The van der Waals surface area contributed by atoms with E-state index in [1.54, 1.807) is 0 Å². The number of aromatic nitrogens is 3. The molecule has 12 rings (SSSR count). The summed E-state index contributed by atoms with van der Waals surface area (Å²) in [6, 6.07) is 76.3. The molecule has 0 saturated carbocycles. The van der Waals surface area contributed by atoms with Gasteiger partial charge in [0.05, 0.1) is 5.41 Å². The molecule has 280 valence electrons. The molecule has 0 fully saturated rings. The average molecular weight is 782 g/mol. The molecule has 2 heterocycles. The molecule has 11 aromatic rings. The fourth-order valence-electron chi connectivity index (χ4n) is 9.63. The second-order valence-corrected chi connectivity index (χ2v) is 16.5. The third-order valence-corrected chi connectivity index (χ3v) is 13.5. The zero-order chi connectivity index (χ0) is 39.6. The molecular formula is C56H35N3S. The monoisotopic (exact) mass is 781 g/mol. The number of rotatable bonds is 6. The maximum atomic E-state index is 5.35. The molecule has 0 radical (unpaired) electrons. The van der Waals surface area contributed by atoms with Crippen molar-refractivity contribution in [1.29, 1.82) is 0 Å². The Labute approximate surface area is 352 Å². The Morgan fingerprint density at radius 1 is 0.333 bits per heavy atom.